The van der Waals surface area contributed by atoms with Gasteiger partial charge in [-0.25, -0.2) is 4.90 Å². The van der Waals surface area contributed by atoms with Gasteiger partial charge in [0.25, 0.3) is 11.8 Å². The highest BCUT2D eigenvalue weighted by Crippen LogP contribution is 2.40. The van der Waals surface area contributed by atoms with E-state index in [4.69, 9.17) is 28.3 Å². The van der Waals surface area contributed by atoms with E-state index in [9.17, 15) is 9.59 Å². The van der Waals surface area contributed by atoms with Gasteiger partial charge in [0.15, 0.2) is 0 Å². The molecule has 2 amide bonds. The number of hydrogen-bond acceptors (Lipinski definition) is 4. The molecule has 4 nitrogen and oxygen atoms in total. The van der Waals surface area contributed by atoms with Gasteiger partial charge in [0.2, 0.25) is 0 Å². The maximum Gasteiger partial charge on any atom is 0.272 e. The van der Waals surface area contributed by atoms with Gasteiger partial charge in [0.05, 0.1) is 27.8 Å². The number of halogens is 2. The number of aliphatic hydroxyl groups excluding tert-OH is 1. The van der Waals surface area contributed by atoms with Crippen molar-refractivity contribution in [2.24, 2.45) is 0 Å². The summed E-state index contributed by atoms with van der Waals surface area (Å²) in [4.78, 5) is 27.3. The predicted octanol–water partition coefficient (Wildman–Crippen LogP) is 4.00. The fourth-order valence-corrected chi connectivity index (χ4v) is 3.72. The molecular weight excluding hydrogens is 381 g/mol. The van der Waals surface area contributed by atoms with Crippen LogP contribution in [0.1, 0.15) is 5.56 Å². The second-order valence-corrected chi connectivity index (χ2v) is 7.13. The third kappa shape index (κ3) is 3.46. The van der Waals surface area contributed by atoms with E-state index >= 15 is 0 Å². The Balaban J connectivity index is 2.09. The van der Waals surface area contributed by atoms with Crippen LogP contribution in [0.15, 0.2) is 53.4 Å². The lowest BCUT2D eigenvalue weighted by atomic mass is 10.1. The number of thioether (sulfide) groups is 1. The molecule has 0 saturated carbocycles. The monoisotopic (exact) mass is 393 g/mol. The summed E-state index contributed by atoms with van der Waals surface area (Å²) >= 11 is 13.2. The van der Waals surface area contributed by atoms with Crippen LogP contribution in [0.2, 0.25) is 10.0 Å². The molecule has 7 heteroatoms. The Morgan fingerprint density at radius 1 is 0.960 bits per heavy atom. The summed E-state index contributed by atoms with van der Waals surface area (Å²) in [5.41, 5.74) is 1.23. The van der Waals surface area contributed by atoms with Crippen LogP contribution in [0.25, 0.3) is 5.57 Å². The molecule has 0 saturated heterocycles. The molecule has 2 aromatic rings. The van der Waals surface area contributed by atoms with Crippen molar-refractivity contribution in [2.75, 3.05) is 17.3 Å². The third-order valence-electron chi connectivity index (χ3n) is 3.61. The lowest BCUT2D eigenvalue weighted by Gasteiger charge is -2.16. The number of anilines is 1. The van der Waals surface area contributed by atoms with Gasteiger partial charge in [-0.2, -0.15) is 0 Å². The molecule has 25 heavy (non-hydrogen) atoms. The molecule has 0 radical (unpaired) electrons. The van der Waals surface area contributed by atoms with Crippen LogP contribution in [0.4, 0.5) is 5.69 Å². The van der Waals surface area contributed by atoms with Crippen molar-refractivity contribution in [3.63, 3.8) is 0 Å². The number of rotatable bonds is 5. The number of benzene rings is 2. The van der Waals surface area contributed by atoms with E-state index in [0.717, 1.165) is 16.7 Å². The zero-order valence-electron chi connectivity index (χ0n) is 12.9. The fraction of sp³-hybridized carbons (Fsp3) is 0.111. The van der Waals surface area contributed by atoms with Crippen molar-refractivity contribution in [1.82, 2.24) is 0 Å². The minimum atomic E-state index is -0.444. The van der Waals surface area contributed by atoms with E-state index in [1.807, 2.05) is 0 Å². The van der Waals surface area contributed by atoms with Crippen molar-refractivity contribution in [3.05, 3.63) is 69.0 Å². The molecule has 2 aromatic carbocycles. The van der Waals surface area contributed by atoms with Crippen LogP contribution in [0.5, 0.6) is 0 Å². The molecule has 3 rings (SSSR count). The third-order valence-corrected chi connectivity index (χ3v) is 5.23. The van der Waals surface area contributed by atoms with Gasteiger partial charge in [0, 0.05) is 10.8 Å². The Morgan fingerprint density at radius 3 is 2.28 bits per heavy atom. The average Bonchev–Trinajstić information content (AvgIpc) is 2.85. The van der Waals surface area contributed by atoms with Crippen molar-refractivity contribution < 1.29 is 14.7 Å². The second kappa shape index (κ2) is 7.62. The molecule has 0 spiro atoms. The van der Waals surface area contributed by atoms with E-state index < -0.39 is 11.8 Å². The van der Waals surface area contributed by atoms with Crippen LogP contribution < -0.4 is 4.90 Å². The number of amides is 2. The molecule has 1 heterocycles. The zero-order valence-corrected chi connectivity index (χ0v) is 15.2. The van der Waals surface area contributed by atoms with Gasteiger partial charge < -0.3 is 5.11 Å². The largest absolute Gasteiger partial charge is 0.396 e. The van der Waals surface area contributed by atoms with E-state index in [2.05, 4.69) is 0 Å². The van der Waals surface area contributed by atoms with Gasteiger partial charge in [0.1, 0.15) is 0 Å². The summed E-state index contributed by atoms with van der Waals surface area (Å²) < 4.78 is 0. The Morgan fingerprint density at radius 2 is 1.64 bits per heavy atom. The first kappa shape index (κ1) is 18.0. The van der Waals surface area contributed by atoms with E-state index in [1.54, 1.807) is 48.5 Å². The Kier molecular flexibility index (Phi) is 5.49. The molecule has 0 fully saturated rings. The number of nitrogens with zero attached hydrogens (tertiary/aromatic N) is 1. The van der Waals surface area contributed by atoms with Crippen LogP contribution in [-0.4, -0.2) is 29.3 Å². The Bertz CT molecular complexity index is 865. The first-order valence-electron chi connectivity index (χ1n) is 7.41. The number of hydrogen-bond donors (Lipinski definition) is 1. The molecule has 128 valence electrons. The zero-order chi connectivity index (χ0) is 18.0. The highest BCUT2D eigenvalue weighted by atomic mass is 35.5. The van der Waals surface area contributed by atoms with Gasteiger partial charge in [-0.05, 0) is 29.8 Å². The van der Waals surface area contributed by atoms with Crippen molar-refractivity contribution in [1.29, 1.82) is 0 Å². The minimum absolute atomic E-state index is 0.102. The SMILES string of the molecule is O=C1C(SCCO)=C(c2ccc(Cl)cc2)C(=O)N1c1ccccc1Cl. The summed E-state index contributed by atoms with van der Waals surface area (Å²) in [6.07, 6.45) is 0. The molecule has 1 N–H and O–H groups in total. The van der Waals surface area contributed by atoms with Gasteiger partial charge >= 0.3 is 0 Å². The van der Waals surface area contributed by atoms with Crippen LogP contribution in [0.3, 0.4) is 0 Å². The van der Waals surface area contributed by atoms with Gasteiger partial charge in [-0.15, -0.1) is 11.8 Å². The molecular formula is C18H13Cl2NO3S. The number of carbonyl (C=O) groups is 2. The molecule has 0 atom stereocenters. The molecule has 0 aliphatic carbocycles. The van der Waals surface area contributed by atoms with E-state index in [1.165, 1.54) is 0 Å². The van der Waals surface area contributed by atoms with Gasteiger partial charge in [-0.1, -0.05) is 47.5 Å². The Hall–Kier alpha value is -1.79. The molecule has 0 bridgehead atoms. The first-order chi connectivity index (χ1) is 12.0. The van der Waals surface area contributed by atoms with Crippen LogP contribution in [0, 0.1) is 0 Å². The fourth-order valence-electron chi connectivity index (χ4n) is 2.51. The lowest BCUT2D eigenvalue weighted by Crippen LogP contribution is -2.31. The topological polar surface area (TPSA) is 57.6 Å². The van der Waals surface area contributed by atoms with Crippen molar-refractivity contribution in [3.8, 4) is 0 Å². The predicted molar refractivity (Wildman–Crippen MR) is 102 cm³/mol. The minimum Gasteiger partial charge on any atom is -0.396 e. The lowest BCUT2D eigenvalue weighted by molar-refractivity contribution is -0.119. The average molecular weight is 394 g/mol. The number of para-hydroxylation sites is 1. The van der Waals surface area contributed by atoms with Crippen molar-refractivity contribution >= 4 is 58.0 Å². The smallest absolute Gasteiger partial charge is 0.272 e. The molecule has 1 aliphatic rings. The first-order valence-corrected chi connectivity index (χ1v) is 9.16. The second-order valence-electron chi connectivity index (χ2n) is 5.18. The molecule has 0 aromatic heterocycles. The number of imide groups is 1. The normalized spacial score (nSPS) is 14.6. The summed E-state index contributed by atoms with van der Waals surface area (Å²) in [7, 11) is 0. The maximum atomic E-state index is 13.0. The van der Waals surface area contributed by atoms with Crippen LogP contribution >= 0.6 is 35.0 Å². The summed E-state index contributed by atoms with van der Waals surface area (Å²) in [6.45, 7) is -0.102. The molecule has 0 unspecified atom stereocenters. The van der Waals surface area contributed by atoms with E-state index in [0.29, 0.717) is 37.5 Å². The summed E-state index contributed by atoms with van der Waals surface area (Å²) in [6, 6.07) is 13.4. The summed E-state index contributed by atoms with van der Waals surface area (Å²) in [5.74, 6) is -0.579. The van der Waals surface area contributed by atoms with Crippen molar-refractivity contribution in [2.45, 2.75) is 0 Å². The standard InChI is InChI=1S/C18H13Cl2NO3S/c19-12-7-5-11(6-8-12)15-16(25-10-9-22)18(24)21(17(15)23)14-4-2-1-3-13(14)20/h1-8,22H,9-10H2. The van der Waals surface area contributed by atoms with Gasteiger partial charge in [-0.3, -0.25) is 9.59 Å². The molecule has 1 aliphatic heterocycles. The van der Waals surface area contributed by atoms with Crippen LogP contribution in [-0.2, 0) is 9.59 Å². The quantitative estimate of drug-likeness (QED) is 0.779. The maximum absolute atomic E-state index is 13.0. The van der Waals surface area contributed by atoms with E-state index in [-0.39, 0.29) is 6.61 Å². The summed E-state index contributed by atoms with van der Waals surface area (Å²) in [5, 5.41) is 9.96. The highest BCUT2D eigenvalue weighted by Gasteiger charge is 2.40. The highest BCUT2D eigenvalue weighted by molar-refractivity contribution is 8.04. The number of carbonyl (C=O) groups excluding carboxylic acids is 2. The number of aliphatic hydroxyl groups is 1. The Labute approximate surface area is 159 Å².